The van der Waals surface area contributed by atoms with Crippen molar-refractivity contribution in [2.24, 2.45) is 0 Å². The van der Waals surface area contributed by atoms with Crippen molar-refractivity contribution in [3.05, 3.63) is 32.2 Å². The van der Waals surface area contributed by atoms with Crippen molar-refractivity contribution < 1.29 is 4.79 Å². The van der Waals surface area contributed by atoms with Crippen molar-refractivity contribution in [1.29, 1.82) is 0 Å². The van der Waals surface area contributed by atoms with Crippen LogP contribution in [0.5, 0.6) is 0 Å². The van der Waals surface area contributed by atoms with Crippen molar-refractivity contribution in [1.82, 2.24) is 0 Å². The minimum absolute atomic E-state index is 0.276. The maximum absolute atomic E-state index is 10.9. The molecule has 1 aromatic rings. The fourth-order valence-corrected chi connectivity index (χ4v) is 2.90. The summed E-state index contributed by atoms with van der Waals surface area (Å²) in [5.74, 6) is 0. The molecule has 0 aliphatic rings. The van der Waals surface area contributed by atoms with Crippen LogP contribution in [0.15, 0.2) is 21.1 Å². The van der Waals surface area contributed by atoms with Gasteiger partial charge in [-0.05, 0) is 41.3 Å². The van der Waals surface area contributed by atoms with Crippen LogP contribution in [0.2, 0.25) is 0 Å². The SMILES string of the molecule is CCc1cc(Br)cc(Br)c1CC(=O)Cl. The Morgan fingerprint density at radius 1 is 1.43 bits per heavy atom. The lowest BCUT2D eigenvalue weighted by Crippen LogP contribution is -2.00. The summed E-state index contributed by atoms with van der Waals surface area (Å²) in [6.07, 6.45) is 1.16. The fourth-order valence-electron chi connectivity index (χ4n) is 1.31. The maximum atomic E-state index is 10.9. The predicted molar refractivity (Wildman–Crippen MR) is 65.8 cm³/mol. The highest BCUT2D eigenvalue weighted by Gasteiger charge is 2.10. The second kappa shape index (κ2) is 5.29. The van der Waals surface area contributed by atoms with E-state index in [1.165, 1.54) is 0 Å². The molecule has 0 spiro atoms. The van der Waals surface area contributed by atoms with Gasteiger partial charge in [-0.2, -0.15) is 0 Å². The number of benzene rings is 1. The van der Waals surface area contributed by atoms with E-state index in [0.29, 0.717) is 0 Å². The molecular weight excluding hydrogens is 331 g/mol. The summed E-state index contributed by atoms with van der Waals surface area (Å²) >= 11 is 12.2. The Labute approximate surface area is 105 Å². The summed E-state index contributed by atoms with van der Waals surface area (Å²) < 4.78 is 1.93. The van der Waals surface area contributed by atoms with Crippen LogP contribution in [-0.4, -0.2) is 5.24 Å². The summed E-state index contributed by atoms with van der Waals surface area (Å²) in [5, 5.41) is -0.331. The van der Waals surface area contributed by atoms with E-state index in [9.17, 15) is 4.79 Å². The Morgan fingerprint density at radius 2 is 2.07 bits per heavy atom. The first-order chi connectivity index (χ1) is 6.54. The van der Waals surface area contributed by atoms with Crippen LogP contribution >= 0.6 is 43.5 Å². The summed E-state index contributed by atoms with van der Waals surface area (Å²) in [7, 11) is 0. The highest BCUT2D eigenvalue weighted by Crippen LogP contribution is 2.27. The lowest BCUT2D eigenvalue weighted by molar-refractivity contribution is -0.111. The highest BCUT2D eigenvalue weighted by atomic mass is 79.9. The van der Waals surface area contributed by atoms with Crippen molar-refractivity contribution >= 4 is 48.7 Å². The minimum Gasteiger partial charge on any atom is -0.281 e. The van der Waals surface area contributed by atoms with Crippen LogP contribution in [0.1, 0.15) is 18.1 Å². The molecule has 0 saturated carbocycles. The Bertz CT molecular complexity index is 363. The molecule has 0 N–H and O–H groups in total. The average molecular weight is 340 g/mol. The first-order valence-corrected chi connectivity index (χ1v) is 6.16. The third-order valence-corrected chi connectivity index (χ3v) is 3.25. The molecule has 0 atom stereocenters. The van der Waals surface area contributed by atoms with Crippen LogP contribution in [0.3, 0.4) is 0 Å². The van der Waals surface area contributed by atoms with Crippen LogP contribution in [0.4, 0.5) is 0 Å². The van der Waals surface area contributed by atoms with E-state index in [0.717, 1.165) is 26.5 Å². The number of hydrogen-bond acceptors (Lipinski definition) is 1. The van der Waals surface area contributed by atoms with Crippen LogP contribution in [-0.2, 0) is 17.6 Å². The van der Waals surface area contributed by atoms with Gasteiger partial charge in [0.2, 0.25) is 5.24 Å². The molecule has 76 valence electrons. The molecule has 1 nitrogen and oxygen atoms in total. The van der Waals surface area contributed by atoms with Gasteiger partial charge < -0.3 is 0 Å². The predicted octanol–water partition coefficient (Wildman–Crippen LogP) is 4.08. The van der Waals surface area contributed by atoms with E-state index in [1.54, 1.807) is 0 Å². The van der Waals surface area contributed by atoms with Gasteiger partial charge in [0.05, 0.1) is 0 Å². The minimum atomic E-state index is -0.331. The van der Waals surface area contributed by atoms with Crippen molar-refractivity contribution in [3.8, 4) is 0 Å². The lowest BCUT2D eigenvalue weighted by Gasteiger charge is -2.09. The third-order valence-electron chi connectivity index (χ3n) is 1.95. The molecule has 0 amide bonds. The summed E-state index contributed by atoms with van der Waals surface area (Å²) in [6.45, 7) is 2.05. The van der Waals surface area contributed by atoms with Gasteiger partial charge in [-0.25, -0.2) is 0 Å². The van der Waals surface area contributed by atoms with E-state index < -0.39 is 0 Å². The third kappa shape index (κ3) is 3.07. The first-order valence-electron chi connectivity index (χ1n) is 4.19. The Kier molecular flexibility index (Phi) is 4.61. The van der Waals surface area contributed by atoms with Crippen LogP contribution < -0.4 is 0 Å². The van der Waals surface area contributed by atoms with E-state index in [-0.39, 0.29) is 11.7 Å². The van der Waals surface area contributed by atoms with Crippen molar-refractivity contribution in [2.45, 2.75) is 19.8 Å². The van der Waals surface area contributed by atoms with Crippen molar-refractivity contribution in [3.63, 3.8) is 0 Å². The van der Waals surface area contributed by atoms with Gasteiger partial charge in [-0.15, -0.1) is 0 Å². The van der Waals surface area contributed by atoms with Gasteiger partial charge in [0.15, 0.2) is 0 Å². The molecule has 4 heteroatoms. The number of carbonyl (C=O) groups excluding carboxylic acids is 1. The molecular formula is C10H9Br2ClO. The zero-order valence-corrected chi connectivity index (χ0v) is 11.5. The Balaban J connectivity index is 3.18. The van der Waals surface area contributed by atoms with Gasteiger partial charge in [0.1, 0.15) is 0 Å². The molecule has 0 bridgehead atoms. The van der Waals surface area contributed by atoms with Crippen LogP contribution in [0.25, 0.3) is 0 Å². The van der Waals surface area contributed by atoms with Gasteiger partial charge in [-0.1, -0.05) is 38.8 Å². The first kappa shape index (κ1) is 12.2. The summed E-state index contributed by atoms with van der Waals surface area (Å²) in [6, 6.07) is 3.94. The zero-order chi connectivity index (χ0) is 10.7. The zero-order valence-electron chi connectivity index (χ0n) is 7.61. The topological polar surface area (TPSA) is 17.1 Å². The molecule has 0 aliphatic carbocycles. The highest BCUT2D eigenvalue weighted by molar-refractivity contribution is 9.11. The number of rotatable bonds is 3. The van der Waals surface area contributed by atoms with Crippen molar-refractivity contribution in [2.75, 3.05) is 0 Å². The van der Waals surface area contributed by atoms with Gasteiger partial charge >= 0.3 is 0 Å². The van der Waals surface area contributed by atoms with E-state index in [1.807, 2.05) is 12.1 Å². The number of hydrogen-bond donors (Lipinski definition) is 0. The monoisotopic (exact) mass is 338 g/mol. The van der Waals surface area contributed by atoms with E-state index in [4.69, 9.17) is 11.6 Å². The maximum Gasteiger partial charge on any atom is 0.226 e. The Hall–Kier alpha value is 0.140. The quantitative estimate of drug-likeness (QED) is 0.758. The lowest BCUT2D eigenvalue weighted by atomic mass is 10.0. The number of carbonyl (C=O) groups is 1. The van der Waals surface area contributed by atoms with Gasteiger partial charge in [0, 0.05) is 15.4 Å². The summed E-state index contributed by atoms with van der Waals surface area (Å²) in [4.78, 5) is 10.9. The number of aryl methyl sites for hydroxylation is 1. The van der Waals surface area contributed by atoms with E-state index in [2.05, 4.69) is 38.8 Å². The molecule has 0 fully saturated rings. The molecule has 0 unspecified atom stereocenters. The molecule has 0 aliphatic heterocycles. The largest absolute Gasteiger partial charge is 0.281 e. The summed E-state index contributed by atoms with van der Waals surface area (Å²) in [5.41, 5.74) is 2.12. The molecule has 14 heavy (non-hydrogen) atoms. The molecule has 0 heterocycles. The van der Waals surface area contributed by atoms with Crippen LogP contribution in [0, 0.1) is 0 Å². The number of halogens is 3. The molecule has 0 aromatic heterocycles. The molecule has 0 saturated heterocycles. The second-order valence-corrected chi connectivity index (χ2v) is 5.10. The standard InChI is InChI=1S/C10H9Br2ClO/c1-2-6-3-7(11)4-9(12)8(6)5-10(13)14/h3-4H,2,5H2,1H3. The molecule has 1 aromatic carbocycles. The fraction of sp³-hybridized carbons (Fsp3) is 0.300. The average Bonchev–Trinajstić information content (AvgIpc) is 2.08. The smallest absolute Gasteiger partial charge is 0.226 e. The van der Waals surface area contributed by atoms with Gasteiger partial charge in [0.25, 0.3) is 0 Å². The Morgan fingerprint density at radius 3 is 2.57 bits per heavy atom. The molecule has 1 rings (SSSR count). The van der Waals surface area contributed by atoms with E-state index >= 15 is 0 Å². The van der Waals surface area contributed by atoms with Gasteiger partial charge in [-0.3, -0.25) is 4.79 Å². The molecule has 0 radical (unpaired) electrons. The second-order valence-electron chi connectivity index (χ2n) is 2.91. The normalized spacial score (nSPS) is 10.3.